The van der Waals surface area contributed by atoms with Gasteiger partial charge in [-0.25, -0.2) is 9.37 Å². The number of nitrogens with one attached hydrogen (secondary N) is 2. The van der Waals surface area contributed by atoms with Crippen molar-refractivity contribution in [2.24, 2.45) is 0 Å². The van der Waals surface area contributed by atoms with Crippen molar-refractivity contribution < 1.29 is 8.78 Å². The van der Waals surface area contributed by atoms with Gasteiger partial charge in [0, 0.05) is 30.7 Å². The summed E-state index contributed by atoms with van der Waals surface area (Å²) in [4.78, 5) is 24.2. The molecule has 1 aliphatic heterocycles. The van der Waals surface area contributed by atoms with Crippen LogP contribution in [0.1, 0.15) is 24.8 Å². The van der Waals surface area contributed by atoms with Crippen molar-refractivity contribution in [2.45, 2.75) is 25.8 Å². The second kappa shape index (κ2) is 9.34. The average Bonchev–Trinajstić information content (AvgIpc) is 3.67. The number of nitrogens with zero attached hydrogens (tertiary/aromatic N) is 6. The number of fused-ring (bicyclic) bond motifs is 2. The fraction of sp³-hybridized carbons (Fsp3) is 0.222. The first kappa shape index (κ1) is 23.1. The Kier molecular flexibility index (Phi) is 5.67. The number of aromatic nitrogens is 7. The highest BCUT2D eigenvalue weighted by Crippen LogP contribution is 2.35. The summed E-state index contributed by atoms with van der Waals surface area (Å²) in [6, 6.07) is 6.80. The minimum Gasteiger partial charge on any atom is -0.336 e. The summed E-state index contributed by atoms with van der Waals surface area (Å²) in [5.74, 6) is -0.118. The van der Waals surface area contributed by atoms with Crippen molar-refractivity contribution in [3.63, 3.8) is 0 Å². The predicted molar refractivity (Wildman–Crippen MR) is 142 cm³/mol. The van der Waals surface area contributed by atoms with Crippen molar-refractivity contribution in [3.05, 3.63) is 65.6 Å². The number of H-pyrrole nitrogens is 2. The van der Waals surface area contributed by atoms with Gasteiger partial charge < -0.3 is 4.98 Å². The molecule has 0 spiro atoms. The fourth-order valence-corrected chi connectivity index (χ4v) is 5.82. The van der Waals surface area contributed by atoms with E-state index in [1.54, 1.807) is 30.7 Å². The lowest BCUT2D eigenvalue weighted by Crippen LogP contribution is -2.29. The van der Waals surface area contributed by atoms with Crippen LogP contribution in [0, 0.1) is 10.9 Å². The number of hydrogen-bond donors (Lipinski definition) is 2. The van der Waals surface area contributed by atoms with Gasteiger partial charge in [0.1, 0.15) is 22.6 Å². The van der Waals surface area contributed by atoms with Crippen LogP contribution in [0.15, 0.2) is 49.1 Å². The van der Waals surface area contributed by atoms with Crippen molar-refractivity contribution in [2.75, 3.05) is 13.1 Å². The maximum Gasteiger partial charge on any atom is 0.177 e. The molecule has 1 saturated heterocycles. The van der Waals surface area contributed by atoms with E-state index in [-0.39, 0.29) is 16.2 Å². The molecule has 38 heavy (non-hydrogen) atoms. The molecular formula is C27H22F2N8S. The number of hydrogen-bond acceptors (Lipinski definition) is 7. The Balaban J connectivity index is 1.29. The molecule has 0 aliphatic carbocycles. The van der Waals surface area contributed by atoms with Crippen LogP contribution in [0.4, 0.5) is 8.78 Å². The summed E-state index contributed by atoms with van der Waals surface area (Å²) < 4.78 is 29.7. The minimum absolute atomic E-state index is 0.209. The van der Waals surface area contributed by atoms with Gasteiger partial charge in [-0.1, -0.05) is 6.42 Å². The van der Waals surface area contributed by atoms with Gasteiger partial charge in [-0.15, -0.1) is 11.3 Å². The molecule has 6 aromatic heterocycles. The Hall–Kier alpha value is -4.09. The maximum absolute atomic E-state index is 16.1. The van der Waals surface area contributed by atoms with Gasteiger partial charge in [0.25, 0.3) is 0 Å². The number of pyridine rings is 3. The van der Waals surface area contributed by atoms with Gasteiger partial charge in [0.2, 0.25) is 0 Å². The van der Waals surface area contributed by atoms with Crippen molar-refractivity contribution >= 4 is 33.3 Å². The van der Waals surface area contributed by atoms with E-state index in [1.165, 1.54) is 25.3 Å². The molecule has 190 valence electrons. The van der Waals surface area contributed by atoms with E-state index < -0.39 is 5.82 Å². The lowest BCUT2D eigenvalue weighted by atomic mass is 10.1. The molecule has 0 atom stereocenters. The van der Waals surface area contributed by atoms with E-state index in [0.29, 0.717) is 44.2 Å². The van der Waals surface area contributed by atoms with E-state index in [0.717, 1.165) is 36.5 Å². The van der Waals surface area contributed by atoms with Crippen molar-refractivity contribution in [3.8, 4) is 33.3 Å². The number of likely N-dealkylation sites (tertiary alicyclic amines) is 1. The lowest BCUT2D eigenvalue weighted by Gasteiger charge is -2.26. The smallest absolute Gasteiger partial charge is 0.177 e. The molecule has 8 nitrogen and oxygen atoms in total. The first-order valence-electron chi connectivity index (χ1n) is 12.4. The Morgan fingerprint density at radius 2 is 1.82 bits per heavy atom. The largest absolute Gasteiger partial charge is 0.336 e. The monoisotopic (exact) mass is 528 g/mol. The molecule has 11 heteroatoms. The quantitative estimate of drug-likeness (QED) is 0.287. The summed E-state index contributed by atoms with van der Waals surface area (Å²) in [5, 5.41) is 7.21. The van der Waals surface area contributed by atoms with E-state index >= 15 is 4.39 Å². The van der Waals surface area contributed by atoms with E-state index in [2.05, 4.69) is 35.0 Å². The number of aromatic amines is 2. The van der Waals surface area contributed by atoms with Gasteiger partial charge in [0.05, 0.1) is 27.5 Å². The molecule has 2 N–H and O–H groups in total. The number of rotatable bonds is 5. The normalized spacial score (nSPS) is 14.6. The molecule has 0 amide bonds. The third-order valence-electron chi connectivity index (χ3n) is 6.90. The molecule has 6 aromatic rings. The van der Waals surface area contributed by atoms with Crippen LogP contribution in [0.5, 0.6) is 0 Å². The van der Waals surface area contributed by atoms with Gasteiger partial charge in [0.15, 0.2) is 16.8 Å². The Labute approximate surface area is 219 Å². The summed E-state index contributed by atoms with van der Waals surface area (Å²) in [5.41, 5.74) is 4.45. The topological polar surface area (TPSA) is 99.3 Å². The maximum atomic E-state index is 16.1. The number of piperidine rings is 1. The molecule has 0 aromatic carbocycles. The van der Waals surface area contributed by atoms with Crippen molar-refractivity contribution in [1.29, 1.82) is 0 Å². The van der Waals surface area contributed by atoms with Crippen LogP contribution in [0.2, 0.25) is 0 Å². The van der Waals surface area contributed by atoms with Gasteiger partial charge in [-0.2, -0.15) is 9.49 Å². The lowest BCUT2D eigenvalue weighted by molar-refractivity contribution is 0.220. The zero-order chi connectivity index (χ0) is 25.6. The standard InChI is InChI=1S/C27H22F2N8S/c28-20-5-4-19(38-20)25-24-17(6-7-31-25)33-27(34-24)26-21-18(35-36-26)13-32-23(22(21)29)16-10-15(11-30-12-16)14-37-8-2-1-3-9-37/h4-7,10-13H,1-3,8-9,14H2,(H,33,34)(H,35,36). The highest BCUT2D eigenvalue weighted by Gasteiger charge is 2.22. The van der Waals surface area contributed by atoms with E-state index in [4.69, 9.17) is 4.98 Å². The van der Waals surface area contributed by atoms with Gasteiger partial charge in [-0.05, 0) is 55.8 Å². The second-order valence-corrected chi connectivity index (χ2v) is 10.5. The first-order valence-corrected chi connectivity index (χ1v) is 13.3. The molecule has 1 fully saturated rings. The molecule has 0 radical (unpaired) electrons. The van der Waals surface area contributed by atoms with Crippen LogP contribution >= 0.6 is 11.3 Å². The first-order chi connectivity index (χ1) is 18.6. The third kappa shape index (κ3) is 4.04. The molecular weight excluding hydrogens is 506 g/mol. The zero-order valence-electron chi connectivity index (χ0n) is 20.2. The van der Waals surface area contributed by atoms with Crippen LogP contribution in [-0.2, 0) is 6.54 Å². The minimum atomic E-state index is -0.498. The Morgan fingerprint density at radius 3 is 2.66 bits per heavy atom. The number of thiophene rings is 1. The number of imidazole rings is 1. The van der Waals surface area contributed by atoms with Crippen LogP contribution in [0.3, 0.4) is 0 Å². The summed E-state index contributed by atoms with van der Waals surface area (Å²) in [6.45, 7) is 2.92. The highest BCUT2D eigenvalue weighted by atomic mass is 32.1. The van der Waals surface area contributed by atoms with Gasteiger partial charge >= 0.3 is 0 Å². The SMILES string of the molecule is Fc1ccc(-c2nccc3[nH]c(-c4n[nH]c5cnc(-c6cncc(CN7CCCCC7)c6)c(F)c45)nc23)s1. The van der Waals surface area contributed by atoms with Crippen LogP contribution < -0.4 is 0 Å². The molecule has 7 heterocycles. The summed E-state index contributed by atoms with van der Waals surface area (Å²) in [6.07, 6.45) is 10.3. The highest BCUT2D eigenvalue weighted by molar-refractivity contribution is 7.13. The van der Waals surface area contributed by atoms with E-state index in [9.17, 15) is 4.39 Å². The fourth-order valence-electron chi connectivity index (χ4n) is 5.10. The van der Waals surface area contributed by atoms with Crippen LogP contribution in [-0.4, -0.2) is 53.1 Å². The van der Waals surface area contributed by atoms with E-state index in [1.807, 2.05) is 12.3 Å². The zero-order valence-corrected chi connectivity index (χ0v) is 21.0. The molecule has 0 saturated carbocycles. The van der Waals surface area contributed by atoms with Gasteiger partial charge in [-0.3, -0.25) is 25.0 Å². The molecule has 0 unspecified atom stereocenters. The van der Waals surface area contributed by atoms with Crippen molar-refractivity contribution in [1.82, 2.24) is 40.0 Å². The Bertz CT molecular complexity index is 1780. The number of halogens is 2. The van der Waals surface area contributed by atoms with Crippen LogP contribution in [0.25, 0.3) is 55.3 Å². The molecule has 7 rings (SSSR count). The summed E-state index contributed by atoms with van der Waals surface area (Å²) >= 11 is 0.997. The molecule has 0 bridgehead atoms. The average molecular weight is 529 g/mol. The second-order valence-electron chi connectivity index (χ2n) is 9.45. The predicted octanol–water partition coefficient (Wildman–Crippen LogP) is 5.95. The Morgan fingerprint density at radius 1 is 0.921 bits per heavy atom. The summed E-state index contributed by atoms with van der Waals surface area (Å²) in [7, 11) is 0. The third-order valence-corrected chi connectivity index (χ3v) is 7.78. The molecule has 1 aliphatic rings.